The maximum Gasteiger partial charge on any atom is 0.266 e. The van der Waals surface area contributed by atoms with Crippen LogP contribution in [-0.2, 0) is 14.8 Å². The topological polar surface area (TPSA) is 75.5 Å². The summed E-state index contributed by atoms with van der Waals surface area (Å²) in [5.41, 5.74) is 3.00. The number of unbranched alkanes of at least 4 members (excludes halogenated alkanes) is 1. The van der Waals surface area contributed by atoms with Crippen molar-refractivity contribution in [1.82, 2.24) is 19.0 Å². The van der Waals surface area contributed by atoms with Gasteiger partial charge in [0.2, 0.25) is 10.0 Å². The minimum absolute atomic E-state index is 0.0979. The van der Waals surface area contributed by atoms with Crippen LogP contribution in [0.3, 0.4) is 0 Å². The lowest BCUT2D eigenvalue weighted by Gasteiger charge is -2.13. The maximum atomic E-state index is 13.0. The highest BCUT2D eigenvalue weighted by Gasteiger charge is 2.32. The van der Waals surface area contributed by atoms with Crippen molar-refractivity contribution in [2.45, 2.75) is 24.7 Å². The van der Waals surface area contributed by atoms with E-state index in [9.17, 15) is 13.2 Å². The van der Waals surface area contributed by atoms with Crippen LogP contribution >= 0.6 is 24.0 Å². The molecule has 2 aromatic carbocycles. The van der Waals surface area contributed by atoms with E-state index >= 15 is 0 Å². The molecule has 0 N–H and O–H groups in total. The molecule has 0 atom stereocenters. The number of hydrogen-bond donors (Lipinski definition) is 0. The summed E-state index contributed by atoms with van der Waals surface area (Å²) in [6.07, 6.45) is 5.55. The third kappa shape index (κ3) is 5.25. The van der Waals surface area contributed by atoms with Gasteiger partial charge in [-0.05, 0) is 36.8 Å². The van der Waals surface area contributed by atoms with Crippen LogP contribution in [0.2, 0.25) is 0 Å². The first-order valence-corrected chi connectivity index (χ1v) is 13.8. The highest BCUT2D eigenvalue weighted by molar-refractivity contribution is 8.26. The van der Waals surface area contributed by atoms with Gasteiger partial charge in [-0.2, -0.15) is 5.10 Å². The Morgan fingerprint density at radius 2 is 1.77 bits per heavy atom. The van der Waals surface area contributed by atoms with Crippen molar-refractivity contribution in [2.75, 3.05) is 20.6 Å². The van der Waals surface area contributed by atoms with Gasteiger partial charge >= 0.3 is 0 Å². The Kier molecular flexibility index (Phi) is 7.56. The summed E-state index contributed by atoms with van der Waals surface area (Å²) in [5, 5.41) is 4.78. The van der Waals surface area contributed by atoms with Crippen LogP contribution in [0.1, 0.15) is 25.3 Å². The number of para-hydroxylation sites is 1. The van der Waals surface area contributed by atoms with Crippen LogP contribution in [0.15, 0.2) is 70.6 Å². The molecule has 10 heteroatoms. The lowest BCUT2D eigenvalue weighted by molar-refractivity contribution is -0.122. The molecule has 1 saturated heterocycles. The lowest BCUT2D eigenvalue weighted by Crippen LogP contribution is -2.28. The van der Waals surface area contributed by atoms with Crippen LogP contribution in [0.25, 0.3) is 23.0 Å². The second kappa shape index (κ2) is 10.4. The van der Waals surface area contributed by atoms with Crippen molar-refractivity contribution in [1.29, 1.82) is 0 Å². The zero-order chi connectivity index (χ0) is 25.2. The molecule has 0 radical (unpaired) electrons. The molecule has 1 amide bonds. The molecule has 0 bridgehead atoms. The SMILES string of the molecule is CCCCN1C(=O)/C(=C\c2cn(-c3ccccc3)nc2-c2ccc(S(=O)(=O)N(C)C)cc2)SC1=S. The van der Waals surface area contributed by atoms with Gasteiger partial charge in [0.15, 0.2) is 0 Å². The van der Waals surface area contributed by atoms with Crippen LogP contribution in [-0.4, -0.2) is 58.3 Å². The van der Waals surface area contributed by atoms with Crippen molar-refractivity contribution in [3.8, 4) is 16.9 Å². The van der Waals surface area contributed by atoms with Crippen LogP contribution in [0.5, 0.6) is 0 Å². The number of thioether (sulfide) groups is 1. The molecule has 0 spiro atoms. The molecule has 0 aliphatic carbocycles. The molecule has 182 valence electrons. The Hall–Kier alpha value is -2.79. The molecule has 1 fully saturated rings. The third-order valence-corrected chi connectivity index (χ3v) is 8.77. The van der Waals surface area contributed by atoms with Crippen LogP contribution in [0, 0.1) is 0 Å². The lowest BCUT2D eigenvalue weighted by atomic mass is 10.1. The number of carbonyl (C=O) groups excluding carboxylic acids is 1. The summed E-state index contributed by atoms with van der Waals surface area (Å²) in [6, 6.07) is 16.3. The number of benzene rings is 2. The molecule has 35 heavy (non-hydrogen) atoms. The van der Waals surface area contributed by atoms with Gasteiger partial charge in [-0.3, -0.25) is 9.69 Å². The van der Waals surface area contributed by atoms with Gasteiger partial charge in [-0.15, -0.1) is 0 Å². The molecule has 4 rings (SSSR count). The predicted octanol–water partition coefficient (Wildman–Crippen LogP) is 4.79. The van der Waals surface area contributed by atoms with Crippen molar-refractivity contribution >= 4 is 50.3 Å². The number of sulfonamides is 1. The first-order valence-electron chi connectivity index (χ1n) is 11.2. The average molecular weight is 527 g/mol. The van der Waals surface area contributed by atoms with Gasteiger partial charge in [0.05, 0.1) is 21.2 Å². The molecule has 1 aromatic heterocycles. The van der Waals surface area contributed by atoms with Gasteiger partial charge < -0.3 is 0 Å². The van der Waals surface area contributed by atoms with E-state index < -0.39 is 10.0 Å². The molecule has 3 aromatic rings. The van der Waals surface area contributed by atoms with E-state index in [1.54, 1.807) is 33.8 Å². The van der Waals surface area contributed by atoms with Crippen molar-refractivity contribution in [2.24, 2.45) is 0 Å². The van der Waals surface area contributed by atoms with Crippen LogP contribution in [0.4, 0.5) is 0 Å². The van der Waals surface area contributed by atoms with E-state index in [0.717, 1.165) is 29.7 Å². The Balaban J connectivity index is 1.77. The Morgan fingerprint density at radius 1 is 1.09 bits per heavy atom. The van der Waals surface area contributed by atoms with Crippen molar-refractivity contribution in [3.63, 3.8) is 0 Å². The summed E-state index contributed by atoms with van der Waals surface area (Å²) in [5.74, 6) is -0.0979. The molecule has 1 aliphatic heterocycles. The Bertz CT molecular complexity index is 1380. The number of nitrogens with zero attached hydrogens (tertiary/aromatic N) is 4. The molecule has 0 saturated carbocycles. The van der Waals surface area contributed by atoms with E-state index in [2.05, 4.69) is 6.92 Å². The minimum Gasteiger partial charge on any atom is -0.293 e. The molecule has 7 nitrogen and oxygen atoms in total. The highest BCUT2D eigenvalue weighted by atomic mass is 32.2. The molecule has 2 heterocycles. The summed E-state index contributed by atoms with van der Waals surface area (Å²) in [7, 11) is -0.543. The fourth-order valence-electron chi connectivity index (χ4n) is 3.58. The molecule has 0 unspecified atom stereocenters. The fraction of sp³-hybridized carbons (Fsp3) is 0.240. The third-order valence-electron chi connectivity index (χ3n) is 5.57. The number of thiocarbonyl (C=S) groups is 1. The standard InChI is InChI=1S/C25H26N4O3S3/c1-4-5-15-28-24(30)22(34-25(28)33)16-19-17-29(20-9-7-6-8-10-20)26-23(19)18-11-13-21(14-12-18)35(31,32)27(2)3/h6-14,16-17H,4-5,15H2,1-3H3/b22-16+. The maximum absolute atomic E-state index is 13.0. The van der Waals surface area contributed by atoms with Crippen molar-refractivity contribution < 1.29 is 13.2 Å². The number of aromatic nitrogens is 2. The number of rotatable bonds is 8. The highest BCUT2D eigenvalue weighted by Crippen LogP contribution is 2.35. The van der Waals surface area contributed by atoms with Gasteiger partial charge in [0.1, 0.15) is 4.32 Å². The first-order chi connectivity index (χ1) is 16.7. The predicted molar refractivity (Wildman–Crippen MR) is 145 cm³/mol. The van der Waals surface area contributed by atoms with Gasteiger partial charge in [-0.25, -0.2) is 17.4 Å². The second-order valence-corrected chi connectivity index (χ2v) is 12.0. The van der Waals surface area contributed by atoms with Gasteiger partial charge in [0, 0.05) is 38.0 Å². The summed E-state index contributed by atoms with van der Waals surface area (Å²) < 4.78 is 28.4. The average Bonchev–Trinajstić information content (AvgIpc) is 3.39. The van der Waals surface area contributed by atoms with E-state index in [1.165, 1.54) is 30.2 Å². The van der Waals surface area contributed by atoms with E-state index in [0.29, 0.717) is 21.5 Å². The van der Waals surface area contributed by atoms with Crippen LogP contribution < -0.4 is 0 Å². The fourth-order valence-corrected chi connectivity index (χ4v) is 5.78. The monoisotopic (exact) mass is 526 g/mol. The number of amides is 1. The zero-order valence-corrected chi connectivity index (χ0v) is 22.2. The quantitative estimate of drug-likeness (QED) is 0.310. The molecular formula is C25H26N4O3S3. The smallest absolute Gasteiger partial charge is 0.266 e. The van der Waals surface area contributed by atoms with E-state index in [1.807, 2.05) is 42.6 Å². The largest absolute Gasteiger partial charge is 0.293 e. The minimum atomic E-state index is -3.54. The molecular weight excluding hydrogens is 501 g/mol. The van der Waals surface area contributed by atoms with Crippen molar-refractivity contribution in [3.05, 3.63) is 71.3 Å². The zero-order valence-electron chi connectivity index (χ0n) is 19.7. The second-order valence-electron chi connectivity index (χ2n) is 8.21. The number of hydrogen-bond acceptors (Lipinski definition) is 6. The summed E-state index contributed by atoms with van der Waals surface area (Å²) in [6.45, 7) is 2.68. The normalized spacial score (nSPS) is 15.5. The summed E-state index contributed by atoms with van der Waals surface area (Å²) in [4.78, 5) is 15.4. The molecule has 1 aliphatic rings. The van der Waals surface area contributed by atoms with Gasteiger partial charge in [0.25, 0.3) is 5.91 Å². The van der Waals surface area contributed by atoms with E-state index in [4.69, 9.17) is 17.3 Å². The Labute approximate surface area is 215 Å². The first kappa shape index (κ1) is 25.3. The van der Waals surface area contributed by atoms with E-state index in [-0.39, 0.29) is 10.8 Å². The Morgan fingerprint density at radius 3 is 2.40 bits per heavy atom. The van der Waals surface area contributed by atoms with Gasteiger partial charge in [-0.1, -0.05) is 67.7 Å². The summed E-state index contributed by atoms with van der Waals surface area (Å²) >= 11 is 6.74. The number of carbonyl (C=O) groups is 1.